The fraction of sp³-hybridized carbons (Fsp3) is 0.562. The second-order valence-corrected chi connectivity index (χ2v) is 7.39. The highest BCUT2D eigenvalue weighted by atomic mass is 32.2. The zero-order chi connectivity index (χ0) is 16.9. The molecule has 1 fully saturated rings. The predicted molar refractivity (Wildman–Crippen MR) is 87.4 cm³/mol. The summed E-state index contributed by atoms with van der Waals surface area (Å²) in [6.07, 6.45) is 1.32. The van der Waals surface area contributed by atoms with Crippen LogP contribution < -0.4 is 5.32 Å². The van der Waals surface area contributed by atoms with Crippen LogP contribution in [-0.4, -0.2) is 44.4 Å². The molecule has 7 heteroatoms. The number of rotatable bonds is 7. The number of carbonyl (C=O) groups excluding carboxylic acids is 1. The maximum Gasteiger partial charge on any atom is 0.249 e. The highest BCUT2D eigenvalue weighted by molar-refractivity contribution is 7.89. The molecule has 0 spiro atoms. The zero-order valence-corrected chi connectivity index (χ0v) is 14.4. The van der Waals surface area contributed by atoms with Gasteiger partial charge in [-0.2, -0.15) is 4.31 Å². The SMILES string of the molecule is CCN(CC)S(=O)(=O)c1ccc(CNC(=O)C2CCCO2)cc1. The molecule has 1 saturated heterocycles. The van der Waals surface area contributed by atoms with Crippen LogP contribution in [0.5, 0.6) is 0 Å². The Morgan fingerprint density at radius 3 is 2.43 bits per heavy atom. The molecule has 1 aliphatic rings. The summed E-state index contributed by atoms with van der Waals surface area (Å²) in [5.74, 6) is -0.109. The molecule has 1 aliphatic heterocycles. The third-order valence-electron chi connectivity index (χ3n) is 3.96. The highest BCUT2D eigenvalue weighted by Gasteiger charge is 2.23. The quantitative estimate of drug-likeness (QED) is 0.816. The first kappa shape index (κ1) is 17.9. The molecule has 6 nitrogen and oxygen atoms in total. The standard InChI is InChI=1S/C16H24N2O4S/c1-3-18(4-2)23(20,21)14-9-7-13(8-10-14)12-17-16(19)15-6-5-11-22-15/h7-10,15H,3-6,11-12H2,1-2H3,(H,17,19). The molecular formula is C16H24N2O4S. The average molecular weight is 340 g/mol. The second-order valence-electron chi connectivity index (χ2n) is 5.45. The van der Waals surface area contributed by atoms with Gasteiger partial charge in [-0.3, -0.25) is 4.79 Å². The van der Waals surface area contributed by atoms with Crippen molar-refractivity contribution in [2.75, 3.05) is 19.7 Å². The summed E-state index contributed by atoms with van der Waals surface area (Å²) in [5.41, 5.74) is 0.856. The fourth-order valence-electron chi connectivity index (χ4n) is 2.58. The number of carbonyl (C=O) groups is 1. The van der Waals surface area contributed by atoms with Gasteiger partial charge >= 0.3 is 0 Å². The molecule has 1 N–H and O–H groups in total. The van der Waals surface area contributed by atoms with Crippen LogP contribution in [0.1, 0.15) is 32.3 Å². The Bertz CT molecular complexity index is 618. The Hall–Kier alpha value is -1.44. The normalized spacial score (nSPS) is 18.3. The van der Waals surface area contributed by atoms with Crippen LogP contribution in [0.4, 0.5) is 0 Å². The molecular weight excluding hydrogens is 316 g/mol. The molecule has 1 unspecified atom stereocenters. The van der Waals surface area contributed by atoms with Crippen molar-refractivity contribution in [3.05, 3.63) is 29.8 Å². The van der Waals surface area contributed by atoms with E-state index >= 15 is 0 Å². The summed E-state index contributed by atoms with van der Waals surface area (Å²) in [6, 6.07) is 6.63. The molecule has 128 valence electrons. The first-order valence-electron chi connectivity index (χ1n) is 7.97. The number of sulfonamides is 1. The minimum Gasteiger partial charge on any atom is -0.368 e. The van der Waals surface area contributed by atoms with E-state index in [4.69, 9.17) is 4.74 Å². The van der Waals surface area contributed by atoms with E-state index in [1.165, 1.54) is 4.31 Å². The smallest absolute Gasteiger partial charge is 0.249 e. The first-order chi connectivity index (χ1) is 11.0. The molecule has 1 aromatic rings. The Morgan fingerprint density at radius 1 is 1.26 bits per heavy atom. The average Bonchev–Trinajstić information content (AvgIpc) is 3.08. The van der Waals surface area contributed by atoms with E-state index in [2.05, 4.69) is 5.32 Å². The van der Waals surface area contributed by atoms with Crippen molar-refractivity contribution in [1.82, 2.24) is 9.62 Å². The largest absolute Gasteiger partial charge is 0.368 e. The van der Waals surface area contributed by atoms with E-state index in [1.807, 2.05) is 13.8 Å². The molecule has 1 atom stereocenters. The molecule has 0 aliphatic carbocycles. The molecule has 1 heterocycles. The number of amides is 1. The van der Waals surface area contributed by atoms with Gasteiger partial charge in [-0.25, -0.2) is 8.42 Å². The van der Waals surface area contributed by atoms with Gasteiger partial charge in [0.2, 0.25) is 15.9 Å². The Kier molecular flexibility index (Phi) is 6.15. The highest BCUT2D eigenvalue weighted by Crippen LogP contribution is 2.16. The number of nitrogens with zero attached hydrogens (tertiary/aromatic N) is 1. The van der Waals surface area contributed by atoms with Gasteiger partial charge < -0.3 is 10.1 Å². The van der Waals surface area contributed by atoms with Gasteiger partial charge in [0, 0.05) is 26.2 Å². The van der Waals surface area contributed by atoms with Crippen LogP contribution in [-0.2, 0) is 26.1 Å². The minimum atomic E-state index is -3.44. The van der Waals surface area contributed by atoms with Gasteiger partial charge in [0.1, 0.15) is 6.10 Å². The number of ether oxygens (including phenoxy) is 1. The minimum absolute atomic E-state index is 0.109. The van der Waals surface area contributed by atoms with Gasteiger partial charge in [-0.05, 0) is 30.5 Å². The van der Waals surface area contributed by atoms with Crippen LogP contribution in [0.15, 0.2) is 29.2 Å². The van der Waals surface area contributed by atoms with E-state index < -0.39 is 10.0 Å². The van der Waals surface area contributed by atoms with Crippen LogP contribution in [0.3, 0.4) is 0 Å². The lowest BCUT2D eigenvalue weighted by atomic mass is 10.2. The van der Waals surface area contributed by atoms with Crippen molar-refractivity contribution >= 4 is 15.9 Å². The Labute approximate surface area is 137 Å². The van der Waals surface area contributed by atoms with Gasteiger partial charge in [-0.1, -0.05) is 26.0 Å². The first-order valence-corrected chi connectivity index (χ1v) is 9.41. The molecule has 1 amide bonds. The van der Waals surface area contributed by atoms with Crippen molar-refractivity contribution in [2.24, 2.45) is 0 Å². The Balaban J connectivity index is 1.98. The van der Waals surface area contributed by atoms with E-state index in [0.717, 1.165) is 18.4 Å². The van der Waals surface area contributed by atoms with E-state index in [0.29, 0.717) is 26.2 Å². The van der Waals surface area contributed by atoms with Crippen molar-refractivity contribution in [3.63, 3.8) is 0 Å². The summed E-state index contributed by atoms with van der Waals surface area (Å²) in [7, 11) is -3.44. The molecule has 0 radical (unpaired) electrons. The lowest BCUT2D eigenvalue weighted by molar-refractivity contribution is -0.130. The Morgan fingerprint density at radius 2 is 1.91 bits per heavy atom. The monoisotopic (exact) mass is 340 g/mol. The molecule has 0 saturated carbocycles. The molecule has 2 rings (SSSR count). The topological polar surface area (TPSA) is 75.7 Å². The maximum atomic E-state index is 12.4. The van der Waals surface area contributed by atoms with Gasteiger partial charge in [0.15, 0.2) is 0 Å². The van der Waals surface area contributed by atoms with Gasteiger partial charge in [0.25, 0.3) is 0 Å². The number of hydrogen-bond acceptors (Lipinski definition) is 4. The summed E-state index contributed by atoms with van der Waals surface area (Å²) >= 11 is 0. The van der Waals surface area contributed by atoms with Crippen LogP contribution in [0.25, 0.3) is 0 Å². The number of benzene rings is 1. The maximum absolute atomic E-state index is 12.4. The van der Waals surface area contributed by atoms with E-state index in [-0.39, 0.29) is 16.9 Å². The third-order valence-corrected chi connectivity index (χ3v) is 6.02. The number of hydrogen-bond donors (Lipinski definition) is 1. The van der Waals surface area contributed by atoms with Crippen LogP contribution >= 0.6 is 0 Å². The molecule has 1 aromatic carbocycles. The lowest BCUT2D eigenvalue weighted by Gasteiger charge is -2.18. The van der Waals surface area contributed by atoms with E-state index in [1.54, 1.807) is 24.3 Å². The summed E-state index contributed by atoms with van der Waals surface area (Å²) in [4.78, 5) is 12.1. The summed E-state index contributed by atoms with van der Waals surface area (Å²) in [6.45, 7) is 5.52. The molecule has 0 aromatic heterocycles. The van der Waals surface area contributed by atoms with Gasteiger partial charge in [-0.15, -0.1) is 0 Å². The summed E-state index contributed by atoms with van der Waals surface area (Å²) in [5, 5.41) is 2.82. The van der Waals surface area contributed by atoms with E-state index in [9.17, 15) is 13.2 Å². The van der Waals surface area contributed by atoms with Crippen molar-refractivity contribution in [2.45, 2.75) is 44.2 Å². The molecule has 0 bridgehead atoms. The molecule has 23 heavy (non-hydrogen) atoms. The lowest BCUT2D eigenvalue weighted by Crippen LogP contribution is -2.33. The van der Waals surface area contributed by atoms with Gasteiger partial charge in [0.05, 0.1) is 4.90 Å². The fourth-order valence-corrected chi connectivity index (χ4v) is 4.04. The van der Waals surface area contributed by atoms with Crippen molar-refractivity contribution < 1.29 is 17.9 Å². The third kappa shape index (κ3) is 4.31. The van der Waals surface area contributed by atoms with Crippen LogP contribution in [0.2, 0.25) is 0 Å². The predicted octanol–water partition coefficient (Wildman–Crippen LogP) is 1.51. The second kappa shape index (κ2) is 7.90. The van der Waals surface area contributed by atoms with Crippen molar-refractivity contribution in [3.8, 4) is 0 Å². The van der Waals surface area contributed by atoms with Crippen molar-refractivity contribution in [1.29, 1.82) is 0 Å². The summed E-state index contributed by atoms with van der Waals surface area (Å²) < 4.78 is 31.5. The zero-order valence-electron chi connectivity index (χ0n) is 13.6. The number of nitrogens with one attached hydrogen (secondary N) is 1. The van der Waals surface area contributed by atoms with Crippen LogP contribution in [0, 0.1) is 0 Å².